The van der Waals surface area contributed by atoms with Gasteiger partial charge in [0.25, 0.3) is 5.91 Å². The van der Waals surface area contributed by atoms with Gasteiger partial charge in [-0.25, -0.2) is 4.39 Å². The molecule has 1 N–H and O–H groups in total. The van der Waals surface area contributed by atoms with Crippen LogP contribution in [0.4, 0.5) is 4.39 Å². The minimum absolute atomic E-state index is 0.0743. The smallest absolute Gasteiger partial charge is 0.255 e. The van der Waals surface area contributed by atoms with Crippen molar-refractivity contribution in [3.05, 3.63) is 107 Å². The minimum Gasteiger partial charge on any atom is -0.350 e. The van der Waals surface area contributed by atoms with Gasteiger partial charge in [0, 0.05) is 24.2 Å². The van der Waals surface area contributed by atoms with Gasteiger partial charge < -0.3 is 10.2 Å². The molecule has 0 saturated carbocycles. The van der Waals surface area contributed by atoms with E-state index in [1.807, 2.05) is 42.5 Å². The van der Waals surface area contributed by atoms with Crippen LogP contribution in [-0.4, -0.2) is 23.3 Å². The number of hydrogen-bond donors (Lipinski definition) is 1. The van der Waals surface area contributed by atoms with E-state index in [1.165, 1.54) is 6.07 Å². The van der Waals surface area contributed by atoms with Crippen LogP contribution >= 0.6 is 0 Å². The zero-order chi connectivity index (χ0) is 20.2. The quantitative estimate of drug-likeness (QED) is 0.697. The third-order valence-electron chi connectivity index (χ3n) is 5.20. The lowest BCUT2D eigenvalue weighted by atomic mass is 10.0. The molecule has 1 unspecified atom stereocenters. The first-order valence-electron chi connectivity index (χ1n) is 9.60. The van der Waals surface area contributed by atoms with Crippen LogP contribution in [0.5, 0.6) is 0 Å². The van der Waals surface area contributed by atoms with Crippen molar-refractivity contribution < 1.29 is 14.0 Å². The van der Waals surface area contributed by atoms with Crippen molar-refractivity contribution >= 4 is 11.8 Å². The van der Waals surface area contributed by atoms with Crippen LogP contribution in [0, 0.1) is 5.82 Å². The summed E-state index contributed by atoms with van der Waals surface area (Å²) in [6.07, 6.45) is 0.650. The standard InChI is InChI=1S/C24H21FN2O2/c25-21-13-7-4-10-18(21)16-26-23(28)22-19-11-5-6-12-20(19)24(29)27(22)15-14-17-8-2-1-3-9-17/h1-13,22H,14-16H2,(H,26,28). The second-order valence-corrected chi connectivity index (χ2v) is 7.03. The predicted octanol–water partition coefficient (Wildman–Crippen LogP) is 3.88. The summed E-state index contributed by atoms with van der Waals surface area (Å²) >= 11 is 0. The fraction of sp³-hybridized carbons (Fsp3) is 0.167. The lowest BCUT2D eigenvalue weighted by Crippen LogP contribution is -2.40. The Hall–Kier alpha value is -3.47. The molecule has 1 aliphatic rings. The van der Waals surface area contributed by atoms with Crippen molar-refractivity contribution in [3.8, 4) is 0 Å². The topological polar surface area (TPSA) is 49.4 Å². The van der Waals surface area contributed by atoms with Crippen LogP contribution in [0.3, 0.4) is 0 Å². The number of nitrogens with one attached hydrogen (secondary N) is 1. The number of hydrogen-bond acceptors (Lipinski definition) is 2. The van der Waals surface area contributed by atoms with Crippen LogP contribution in [0.25, 0.3) is 0 Å². The molecule has 29 heavy (non-hydrogen) atoms. The maximum Gasteiger partial charge on any atom is 0.255 e. The highest BCUT2D eigenvalue weighted by molar-refractivity contribution is 6.04. The summed E-state index contributed by atoms with van der Waals surface area (Å²) in [4.78, 5) is 27.6. The first-order chi connectivity index (χ1) is 14.1. The molecule has 3 aromatic rings. The van der Waals surface area contributed by atoms with Crippen LogP contribution in [0.2, 0.25) is 0 Å². The number of halogens is 1. The maximum absolute atomic E-state index is 13.9. The molecule has 0 saturated heterocycles. The Bertz CT molecular complexity index is 1040. The van der Waals surface area contributed by atoms with E-state index in [1.54, 1.807) is 35.2 Å². The van der Waals surface area contributed by atoms with Crippen LogP contribution in [0.1, 0.15) is 33.1 Å². The minimum atomic E-state index is -0.714. The van der Waals surface area contributed by atoms with Gasteiger partial charge in [-0.15, -0.1) is 0 Å². The fourth-order valence-electron chi connectivity index (χ4n) is 3.70. The van der Waals surface area contributed by atoms with Crippen LogP contribution < -0.4 is 5.32 Å². The number of carbonyl (C=O) groups excluding carboxylic acids is 2. The highest BCUT2D eigenvalue weighted by Crippen LogP contribution is 2.33. The zero-order valence-corrected chi connectivity index (χ0v) is 15.8. The normalized spacial score (nSPS) is 15.3. The van der Waals surface area contributed by atoms with Gasteiger partial charge >= 0.3 is 0 Å². The number of amides is 2. The predicted molar refractivity (Wildman–Crippen MR) is 109 cm³/mol. The number of benzene rings is 3. The average Bonchev–Trinajstić information content (AvgIpc) is 3.04. The number of nitrogens with zero attached hydrogens (tertiary/aromatic N) is 1. The van der Waals surface area contributed by atoms with E-state index < -0.39 is 6.04 Å². The molecule has 3 aromatic carbocycles. The molecule has 1 aliphatic heterocycles. The van der Waals surface area contributed by atoms with Crippen LogP contribution in [-0.2, 0) is 17.8 Å². The second kappa shape index (κ2) is 8.27. The average molecular weight is 388 g/mol. The van der Waals surface area contributed by atoms with E-state index in [-0.39, 0.29) is 24.2 Å². The van der Waals surface area contributed by atoms with Gasteiger partial charge in [-0.05, 0) is 29.7 Å². The molecule has 1 heterocycles. The second-order valence-electron chi connectivity index (χ2n) is 7.03. The van der Waals surface area contributed by atoms with Crippen molar-refractivity contribution in [2.45, 2.75) is 19.0 Å². The van der Waals surface area contributed by atoms with E-state index in [2.05, 4.69) is 5.32 Å². The summed E-state index contributed by atoms with van der Waals surface area (Å²) in [5.41, 5.74) is 2.75. The Morgan fingerprint density at radius 2 is 1.62 bits per heavy atom. The van der Waals surface area contributed by atoms with E-state index >= 15 is 0 Å². The summed E-state index contributed by atoms with van der Waals surface area (Å²) in [6, 6.07) is 22.6. The van der Waals surface area contributed by atoms with Crippen molar-refractivity contribution in [2.75, 3.05) is 6.54 Å². The number of fused-ring (bicyclic) bond motifs is 1. The molecule has 4 nitrogen and oxygen atoms in total. The number of carbonyl (C=O) groups is 2. The van der Waals surface area contributed by atoms with Gasteiger partial charge in [0.2, 0.25) is 5.91 Å². The Morgan fingerprint density at radius 1 is 0.931 bits per heavy atom. The largest absolute Gasteiger partial charge is 0.350 e. The molecule has 1 atom stereocenters. The van der Waals surface area contributed by atoms with Gasteiger partial charge in [0.15, 0.2) is 0 Å². The lowest BCUT2D eigenvalue weighted by Gasteiger charge is -2.25. The molecule has 5 heteroatoms. The molecule has 0 aliphatic carbocycles. The fourth-order valence-corrected chi connectivity index (χ4v) is 3.70. The zero-order valence-electron chi connectivity index (χ0n) is 15.8. The maximum atomic E-state index is 13.9. The molecular weight excluding hydrogens is 367 g/mol. The number of rotatable bonds is 6. The van der Waals surface area contributed by atoms with Gasteiger partial charge in [-0.2, -0.15) is 0 Å². The third kappa shape index (κ3) is 3.90. The third-order valence-corrected chi connectivity index (χ3v) is 5.20. The molecule has 0 fully saturated rings. The van der Waals surface area contributed by atoms with Gasteiger partial charge in [0.05, 0.1) is 0 Å². The van der Waals surface area contributed by atoms with Crippen molar-refractivity contribution in [3.63, 3.8) is 0 Å². The summed E-state index contributed by atoms with van der Waals surface area (Å²) in [5.74, 6) is -0.821. The summed E-state index contributed by atoms with van der Waals surface area (Å²) in [6.45, 7) is 0.500. The molecule has 4 rings (SSSR count). The highest BCUT2D eigenvalue weighted by Gasteiger charge is 2.40. The monoisotopic (exact) mass is 388 g/mol. The SMILES string of the molecule is O=C(NCc1ccccc1F)C1c2ccccc2C(=O)N1CCc1ccccc1. The summed E-state index contributed by atoms with van der Waals surface area (Å²) in [5, 5.41) is 2.80. The molecule has 0 spiro atoms. The van der Waals surface area contributed by atoms with Gasteiger partial charge in [0.1, 0.15) is 11.9 Å². The van der Waals surface area contributed by atoms with E-state index in [9.17, 15) is 14.0 Å². The van der Waals surface area contributed by atoms with Crippen molar-refractivity contribution in [1.29, 1.82) is 0 Å². The van der Waals surface area contributed by atoms with E-state index in [0.29, 0.717) is 29.7 Å². The Morgan fingerprint density at radius 3 is 2.41 bits per heavy atom. The van der Waals surface area contributed by atoms with Crippen molar-refractivity contribution in [2.24, 2.45) is 0 Å². The first-order valence-corrected chi connectivity index (χ1v) is 9.60. The molecule has 2 amide bonds. The van der Waals surface area contributed by atoms with Crippen LogP contribution in [0.15, 0.2) is 78.9 Å². The van der Waals surface area contributed by atoms with E-state index in [0.717, 1.165) is 5.56 Å². The first kappa shape index (κ1) is 18.9. The lowest BCUT2D eigenvalue weighted by molar-refractivity contribution is -0.125. The molecule has 146 valence electrons. The Balaban J connectivity index is 1.54. The highest BCUT2D eigenvalue weighted by atomic mass is 19.1. The molecule has 0 bridgehead atoms. The van der Waals surface area contributed by atoms with Gasteiger partial charge in [-0.3, -0.25) is 9.59 Å². The Labute approximate surface area is 169 Å². The van der Waals surface area contributed by atoms with Gasteiger partial charge in [-0.1, -0.05) is 66.7 Å². The van der Waals surface area contributed by atoms with Crippen molar-refractivity contribution in [1.82, 2.24) is 10.2 Å². The Kier molecular flexibility index (Phi) is 5.38. The molecule has 0 radical (unpaired) electrons. The van der Waals surface area contributed by atoms with E-state index in [4.69, 9.17) is 0 Å². The molecular formula is C24H21FN2O2. The summed E-state index contributed by atoms with van der Waals surface area (Å²) in [7, 11) is 0. The summed E-state index contributed by atoms with van der Waals surface area (Å²) < 4.78 is 13.9. The molecule has 0 aromatic heterocycles.